The Balaban J connectivity index is 3.51. The van der Waals surface area contributed by atoms with Crippen LogP contribution >= 0.6 is 0 Å². The van der Waals surface area contributed by atoms with Crippen molar-refractivity contribution in [2.24, 2.45) is 0 Å². The van der Waals surface area contributed by atoms with E-state index in [4.69, 9.17) is 9.47 Å². The predicted molar refractivity (Wildman–Crippen MR) is 116 cm³/mol. The molecule has 0 rings (SSSR count). The van der Waals surface area contributed by atoms with Gasteiger partial charge in [0.15, 0.2) is 0 Å². The van der Waals surface area contributed by atoms with Crippen LogP contribution in [0.4, 0.5) is 0 Å². The molecule has 0 N–H and O–H groups in total. The maximum Gasteiger partial charge on any atom is 0.305 e. The molecule has 28 heavy (non-hydrogen) atoms. The average Bonchev–Trinajstić information content (AvgIpc) is 2.66. The van der Waals surface area contributed by atoms with Crippen LogP contribution in [-0.2, 0) is 19.1 Å². The molecule has 0 heterocycles. The van der Waals surface area contributed by atoms with Gasteiger partial charge < -0.3 is 9.47 Å². The molecule has 0 spiro atoms. The summed E-state index contributed by atoms with van der Waals surface area (Å²) < 4.78 is 10.6. The molecule has 4 nitrogen and oxygen atoms in total. The van der Waals surface area contributed by atoms with Gasteiger partial charge in [-0.1, -0.05) is 78.1 Å². The summed E-state index contributed by atoms with van der Waals surface area (Å²) in [6, 6.07) is 0. The number of ether oxygens (including phenoxy) is 2. The van der Waals surface area contributed by atoms with Crippen LogP contribution in [0.5, 0.6) is 0 Å². The van der Waals surface area contributed by atoms with Crippen LogP contribution in [0.3, 0.4) is 0 Å². The quantitative estimate of drug-likeness (QED) is 0.162. The van der Waals surface area contributed by atoms with E-state index in [0.717, 1.165) is 51.4 Å². The maximum atomic E-state index is 11.5. The Labute approximate surface area is 174 Å². The molecule has 0 amide bonds. The van der Waals surface area contributed by atoms with E-state index in [-0.39, 0.29) is 18.0 Å². The highest BCUT2D eigenvalue weighted by Crippen LogP contribution is 2.17. The van der Waals surface area contributed by atoms with Crippen molar-refractivity contribution in [1.29, 1.82) is 0 Å². The van der Waals surface area contributed by atoms with E-state index in [2.05, 4.69) is 13.8 Å². The van der Waals surface area contributed by atoms with Gasteiger partial charge in [0.05, 0.1) is 6.61 Å². The Kier molecular flexibility index (Phi) is 19.9. The highest BCUT2D eigenvalue weighted by atomic mass is 16.5. The summed E-state index contributed by atoms with van der Waals surface area (Å²) in [5.74, 6) is -0.180. The normalized spacial score (nSPS) is 12.0. The van der Waals surface area contributed by atoms with Crippen LogP contribution in [0.1, 0.15) is 130 Å². The SMILES string of the molecule is CCCCCC[C@@H](CCCCCCCCCCC(=O)OCCCC)OC(C)=O. The molecule has 0 saturated heterocycles. The Morgan fingerprint density at radius 2 is 1.18 bits per heavy atom. The van der Waals surface area contributed by atoms with E-state index in [1.807, 2.05) is 0 Å². The second-order valence-electron chi connectivity index (χ2n) is 8.02. The third-order valence-electron chi connectivity index (χ3n) is 5.13. The lowest BCUT2D eigenvalue weighted by molar-refractivity contribution is -0.147. The number of carbonyl (C=O) groups is 2. The van der Waals surface area contributed by atoms with Crippen molar-refractivity contribution < 1.29 is 19.1 Å². The number of hydrogen-bond donors (Lipinski definition) is 0. The highest BCUT2D eigenvalue weighted by molar-refractivity contribution is 5.69. The van der Waals surface area contributed by atoms with Crippen LogP contribution in [0.15, 0.2) is 0 Å². The van der Waals surface area contributed by atoms with Gasteiger partial charge in [-0.3, -0.25) is 9.59 Å². The van der Waals surface area contributed by atoms with Gasteiger partial charge in [-0.05, 0) is 38.5 Å². The number of rotatable bonds is 20. The molecule has 0 aromatic rings. The zero-order valence-corrected chi connectivity index (χ0v) is 18.9. The van der Waals surface area contributed by atoms with Crippen molar-refractivity contribution in [2.75, 3.05) is 6.61 Å². The third kappa shape index (κ3) is 19.7. The van der Waals surface area contributed by atoms with Crippen molar-refractivity contribution in [3.8, 4) is 0 Å². The summed E-state index contributed by atoms with van der Waals surface area (Å²) in [6.45, 7) is 6.41. The first kappa shape index (κ1) is 26.9. The molecule has 166 valence electrons. The van der Waals surface area contributed by atoms with Gasteiger partial charge in [0.2, 0.25) is 0 Å². The summed E-state index contributed by atoms with van der Waals surface area (Å²) in [5.41, 5.74) is 0. The average molecular weight is 399 g/mol. The molecule has 0 aliphatic heterocycles. The first-order chi connectivity index (χ1) is 13.6. The first-order valence-electron chi connectivity index (χ1n) is 11.9. The summed E-state index contributed by atoms with van der Waals surface area (Å²) in [7, 11) is 0. The zero-order valence-electron chi connectivity index (χ0n) is 18.9. The Bertz CT molecular complexity index is 368. The van der Waals surface area contributed by atoms with Crippen molar-refractivity contribution in [3.05, 3.63) is 0 Å². The molecule has 0 radical (unpaired) electrons. The summed E-state index contributed by atoms with van der Waals surface area (Å²) in [5, 5.41) is 0. The molecule has 0 aliphatic carbocycles. The molecule has 0 aromatic carbocycles. The van der Waals surface area contributed by atoms with Crippen molar-refractivity contribution >= 4 is 11.9 Å². The summed E-state index contributed by atoms with van der Waals surface area (Å²) in [4.78, 5) is 22.8. The van der Waals surface area contributed by atoms with Crippen LogP contribution < -0.4 is 0 Å². The molecule has 0 fully saturated rings. The Hall–Kier alpha value is -1.06. The van der Waals surface area contributed by atoms with Crippen LogP contribution in [0.2, 0.25) is 0 Å². The summed E-state index contributed by atoms with van der Waals surface area (Å²) in [6.07, 6.45) is 19.0. The molecular formula is C24H46O4. The van der Waals surface area contributed by atoms with Gasteiger partial charge in [-0.25, -0.2) is 0 Å². The van der Waals surface area contributed by atoms with Crippen molar-refractivity contribution in [2.45, 2.75) is 136 Å². The molecule has 0 aromatic heterocycles. The summed E-state index contributed by atoms with van der Waals surface area (Å²) >= 11 is 0. The lowest BCUT2D eigenvalue weighted by atomic mass is 10.0. The maximum absolute atomic E-state index is 11.5. The van der Waals surface area contributed by atoms with E-state index in [9.17, 15) is 9.59 Å². The van der Waals surface area contributed by atoms with Crippen LogP contribution in [0, 0.1) is 0 Å². The number of hydrogen-bond acceptors (Lipinski definition) is 4. The molecular weight excluding hydrogens is 352 g/mol. The number of esters is 2. The van der Waals surface area contributed by atoms with Crippen LogP contribution in [-0.4, -0.2) is 24.6 Å². The predicted octanol–water partition coefficient (Wildman–Crippen LogP) is 7.13. The fourth-order valence-electron chi connectivity index (χ4n) is 3.40. The van der Waals surface area contributed by atoms with E-state index < -0.39 is 0 Å². The molecule has 0 saturated carbocycles. The van der Waals surface area contributed by atoms with E-state index in [1.165, 1.54) is 58.3 Å². The van der Waals surface area contributed by atoms with Gasteiger partial charge in [0.25, 0.3) is 0 Å². The minimum absolute atomic E-state index is 0.0366. The standard InChI is InChI=1S/C24H46O4/c1-4-6-8-15-18-23(28-22(3)25)19-16-13-11-9-10-12-14-17-20-24(26)27-21-7-5-2/h23H,4-21H2,1-3H3/t23-/m0/s1. The first-order valence-corrected chi connectivity index (χ1v) is 11.9. The fraction of sp³-hybridized carbons (Fsp3) is 0.917. The molecule has 0 unspecified atom stereocenters. The lowest BCUT2D eigenvalue weighted by Crippen LogP contribution is -2.16. The minimum Gasteiger partial charge on any atom is -0.466 e. The van der Waals surface area contributed by atoms with E-state index >= 15 is 0 Å². The van der Waals surface area contributed by atoms with Gasteiger partial charge >= 0.3 is 11.9 Å². The minimum atomic E-state index is -0.144. The van der Waals surface area contributed by atoms with Gasteiger partial charge in [-0.2, -0.15) is 0 Å². The van der Waals surface area contributed by atoms with E-state index in [1.54, 1.807) is 0 Å². The fourth-order valence-corrected chi connectivity index (χ4v) is 3.40. The van der Waals surface area contributed by atoms with Gasteiger partial charge in [0, 0.05) is 13.3 Å². The van der Waals surface area contributed by atoms with E-state index in [0.29, 0.717) is 13.0 Å². The van der Waals surface area contributed by atoms with Gasteiger partial charge in [-0.15, -0.1) is 0 Å². The molecule has 0 aliphatic rings. The van der Waals surface area contributed by atoms with Gasteiger partial charge in [0.1, 0.15) is 6.10 Å². The third-order valence-corrected chi connectivity index (χ3v) is 5.13. The largest absolute Gasteiger partial charge is 0.466 e. The lowest BCUT2D eigenvalue weighted by Gasteiger charge is -2.17. The molecule has 0 bridgehead atoms. The van der Waals surface area contributed by atoms with Crippen LogP contribution in [0.25, 0.3) is 0 Å². The second kappa shape index (κ2) is 20.7. The second-order valence-corrected chi connectivity index (χ2v) is 8.02. The number of carbonyl (C=O) groups excluding carboxylic acids is 2. The number of unbranched alkanes of at least 4 members (excludes halogenated alkanes) is 11. The zero-order chi connectivity index (χ0) is 20.9. The van der Waals surface area contributed by atoms with Crippen molar-refractivity contribution in [3.63, 3.8) is 0 Å². The Morgan fingerprint density at radius 1 is 0.679 bits per heavy atom. The smallest absolute Gasteiger partial charge is 0.305 e. The van der Waals surface area contributed by atoms with Crippen molar-refractivity contribution in [1.82, 2.24) is 0 Å². The highest BCUT2D eigenvalue weighted by Gasteiger charge is 2.11. The molecule has 4 heteroatoms. The monoisotopic (exact) mass is 398 g/mol. The molecule has 1 atom stereocenters. The Morgan fingerprint density at radius 3 is 1.71 bits per heavy atom. The topological polar surface area (TPSA) is 52.6 Å².